The number of halogens is 1. The molecule has 1 saturated carbocycles. The van der Waals surface area contributed by atoms with Crippen LogP contribution in [0, 0.1) is 12.8 Å². The monoisotopic (exact) mass is 472 g/mol. The van der Waals surface area contributed by atoms with Gasteiger partial charge in [-0.15, -0.1) is 0 Å². The van der Waals surface area contributed by atoms with E-state index in [1.54, 1.807) is 71.4 Å². The summed E-state index contributed by atoms with van der Waals surface area (Å²) in [5.41, 5.74) is 2.10. The van der Waals surface area contributed by atoms with Crippen LogP contribution in [0.5, 0.6) is 0 Å². The van der Waals surface area contributed by atoms with E-state index in [9.17, 15) is 13.2 Å². The van der Waals surface area contributed by atoms with Crippen molar-refractivity contribution in [2.24, 2.45) is 13.0 Å². The maximum Gasteiger partial charge on any atom is 0.261 e. The highest BCUT2D eigenvalue weighted by Crippen LogP contribution is 2.32. The first kappa shape index (κ1) is 22.4. The second-order valence-electron chi connectivity index (χ2n) is 8.19. The van der Waals surface area contributed by atoms with Crippen molar-refractivity contribution in [3.05, 3.63) is 76.6 Å². The van der Waals surface area contributed by atoms with Crippen LogP contribution in [0.15, 0.2) is 59.6 Å². The molecule has 1 amide bonds. The molecule has 0 atom stereocenters. The quantitative estimate of drug-likeness (QED) is 0.531. The summed E-state index contributed by atoms with van der Waals surface area (Å²) in [6.45, 7) is 2.72. The maximum atomic E-state index is 13.5. The van der Waals surface area contributed by atoms with Gasteiger partial charge in [0.1, 0.15) is 5.69 Å². The Morgan fingerprint density at radius 1 is 1.19 bits per heavy atom. The maximum absolute atomic E-state index is 13.5. The van der Waals surface area contributed by atoms with Crippen molar-refractivity contribution in [2.75, 3.05) is 11.3 Å². The molecule has 7 nitrogen and oxygen atoms in total. The molecule has 1 aliphatic rings. The van der Waals surface area contributed by atoms with Gasteiger partial charge in [-0.25, -0.2) is 8.42 Å². The number of hydrogen-bond acceptors (Lipinski definition) is 4. The van der Waals surface area contributed by atoms with E-state index in [1.165, 1.54) is 0 Å². The SMILES string of the molecule is Cc1ccc(S(=O)(=O)Nc2ccccc2C(=O)N(Cc2nn(C)cc2Cl)CC2CC2)cc1. The van der Waals surface area contributed by atoms with Gasteiger partial charge in [-0.3, -0.25) is 14.2 Å². The summed E-state index contributed by atoms with van der Waals surface area (Å²) in [5, 5.41) is 4.86. The third-order valence-corrected chi connectivity index (χ3v) is 7.09. The first-order valence-corrected chi connectivity index (χ1v) is 12.2. The van der Waals surface area contributed by atoms with E-state index < -0.39 is 10.0 Å². The first-order chi connectivity index (χ1) is 15.2. The van der Waals surface area contributed by atoms with Crippen LogP contribution in [-0.2, 0) is 23.6 Å². The van der Waals surface area contributed by atoms with Gasteiger partial charge in [0, 0.05) is 19.8 Å². The predicted octanol–water partition coefficient (Wildman–Crippen LogP) is 4.24. The molecule has 0 saturated heterocycles. The summed E-state index contributed by atoms with van der Waals surface area (Å²) in [4.78, 5) is 15.4. The van der Waals surface area contributed by atoms with Gasteiger partial charge >= 0.3 is 0 Å². The molecule has 0 unspecified atom stereocenters. The molecule has 0 bridgehead atoms. The summed E-state index contributed by atoms with van der Waals surface area (Å²) in [6.07, 6.45) is 3.84. The van der Waals surface area contributed by atoms with Gasteiger partial charge < -0.3 is 4.90 Å². The van der Waals surface area contributed by atoms with Crippen molar-refractivity contribution >= 4 is 33.2 Å². The lowest BCUT2D eigenvalue weighted by molar-refractivity contribution is 0.0733. The number of para-hydroxylation sites is 1. The van der Waals surface area contributed by atoms with Gasteiger partial charge in [0.25, 0.3) is 15.9 Å². The number of nitrogens with one attached hydrogen (secondary N) is 1. The van der Waals surface area contributed by atoms with Crippen molar-refractivity contribution in [3.63, 3.8) is 0 Å². The molecule has 1 heterocycles. The highest BCUT2D eigenvalue weighted by atomic mass is 35.5. The summed E-state index contributed by atoms with van der Waals surface area (Å²) >= 11 is 6.28. The fourth-order valence-corrected chi connectivity index (χ4v) is 4.79. The third kappa shape index (κ3) is 5.14. The molecule has 3 aromatic rings. The van der Waals surface area contributed by atoms with Crippen LogP contribution in [0.1, 0.15) is 34.5 Å². The third-order valence-electron chi connectivity index (χ3n) is 5.39. The lowest BCUT2D eigenvalue weighted by Crippen LogP contribution is -2.33. The molecule has 32 heavy (non-hydrogen) atoms. The number of anilines is 1. The van der Waals surface area contributed by atoms with Crippen LogP contribution in [0.25, 0.3) is 0 Å². The largest absolute Gasteiger partial charge is 0.332 e. The zero-order chi connectivity index (χ0) is 22.9. The number of hydrogen-bond donors (Lipinski definition) is 1. The molecule has 1 fully saturated rings. The molecule has 1 aromatic heterocycles. The highest BCUT2D eigenvalue weighted by molar-refractivity contribution is 7.92. The van der Waals surface area contributed by atoms with Gasteiger partial charge in [-0.05, 0) is 49.9 Å². The number of aryl methyl sites for hydroxylation is 2. The Bertz CT molecular complexity index is 1230. The minimum Gasteiger partial charge on any atom is -0.332 e. The average Bonchev–Trinajstić information content (AvgIpc) is 3.50. The number of carbonyl (C=O) groups is 1. The number of aromatic nitrogens is 2. The topological polar surface area (TPSA) is 84.3 Å². The normalized spacial score (nSPS) is 13.7. The van der Waals surface area contributed by atoms with Crippen LogP contribution in [0.2, 0.25) is 5.02 Å². The lowest BCUT2D eigenvalue weighted by Gasteiger charge is -2.23. The zero-order valence-electron chi connectivity index (χ0n) is 18.0. The molecular formula is C23H25ClN4O3S. The molecule has 0 aliphatic heterocycles. The molecule has 0 radical (unpaired) electrons. The Morgan fingerprint density at radius 2 is 1.88 bits per heavy atom. The van der Waals surface area contributed by atoms with E-state index >= 15 is 0 Å². The van der Waals surface area contributed by atoms with Gasteiger partial charge in [0.15, 0.2) is 0 Å². The van der Waals surface area contributed by atoms with E-state index in [2.05, 4.69) is 9.82 Å². The molecule has 0 spiro atoms. The van der Waals surface area contributed by atoms with Crippen LogP contribution >= 0.6 is 11.6 Å². The van der Waals surface area contributed by atoms with Crippen LogP contribution in [0.3, 0.4) is 0 Å². The number of amides is 1. The summed E-state index contributed by atoms with van der Waals surface area (Å²) in [6, 6.07) is 13.2. The fraction of sp³-hybridized carbons (Fsp3) is 0.304. The van der Waals surface area contributed by atoms with E-state index in [-0.39, 0.29) is 28.6 Å². The van der Waals surface area contributed by atoms with Gasteiger partial charge in [-0.2, -0.15) is 5.10 Å². The van der Waals surface area contributed by atoms with Gasteiger partial charge in [0.2, 0.25) is 0 Å². The molecular weight excluding hydrogens is 448 g/mol. The fourth-order valence-electron chi connectivity index (χ4n) is 3.47. The number of rotatable bonds is 8. The molecule has 1 aliphatic carbocycles. The van der Waals surface area contributed by atoms with Crippen LogP contribution in [-0.4, -0.2) is 35.6 Å². The smallest absolute Gasteiger partial charge is 0.261 e. The van der Waals surface area contributed by atoms with Crippen molar-refractivity contribution in [1.82, 2.24) is 14.7 Å². The van der Waals surface area contributed by atoms with E-state index in [0.29, 0.717) is 23.2 Å². The van der Waals surface area contributed by atoms with Crippen molar-refractivity contribution < 1.29 is 13.2 Å². The molecule has 168 valence electrons. The van der Waals surface area contributed by atoms with E-state index in [0.717, 1.165) is 18.4 Å². The number of benzene rings is 2. The number of carbonyl (C=O) groups excluding carboxylic acids is 1. The molecule has 1 N–H and O–H groups in total. The standard InChI is InChI=1S/C23H25ClN4O3S/c1-16-7-11-18(12-8-16)32(30,31)26-21-6-4-3-5-19(21)23(29)28(13-17-9-10-17)15-22-20(24)14-27(2)25-22/h3-8,11-12,14,17,26H,9-10,13,15H2,1-2H3. The van der Waals surface area contributed by atoms with Crippen molar-refractivity contribution in [1.29, 1.82) is 0 Å². The zero-order valence-corrected chi connectivity index (χ0v) is 19.5. The van der Waals surface area contributed by atoms with Crippen LogP contribution in [0.4, 0.5) is 5.69 Å². The lowest BCUT2D eigenvalue weighted by atomic mass is 10.1. The Hall–Kier alpha value is -2.84. The molecule has 4 rings (SSSR count). The van der Waals surface area contributed by atoms with Crippen LogP contribution < -0.4 is 4.72 Å². The Balaban J connectivity index is 1.62. The molecule has 2 aromatic carbocycles. The molecule has 9 heteroatoms. The van der Waals surface area contributed by atoms with Crippen molar-refractivity contribution in [2.45, 2.75) is 31.2 Å². The van der Waals surface area contributed by atoms with Crippen molar-refractivity contribution in [3.8, 4) is 0 Å². The summed E-state index contributed by atoms with van der Waals surface area (Å²) in [7, 11) is -2.07. The highest BCUT2D eigenvalue weighted by Gasteiger charge is 2.30. The summed E-state index contributed by atoms with van der Waals surface area (Å²) in [5.74, 6) is 0.179. The second-order valence-corrected chi connectivity index (χ2v) is 10.3. The second kappa shape index (κ2) is 8.96. The average molecular weight is 473 g/mol. The number of nitrogens with zero attached hydrogens (tertiary/aromatic N) is 3. The Kier molecular flexibility index (Phi) is 6.26. The minimum absolute atomic E-state index is 0.139. The van der Waals surface area contributed by atoms with Gasteiger partial charge in [-0.1, -0.05) is 41.4 Å². The first-order valence-electron chi connectivity index (χ1n) is 10.4. The Labute approximate surface area is 193 Å². The Morgan fingerprint density at radius 3 is 2.50 bits per heavy atom. The van der Waals surface area contributed by atoms with Gasteiger partial charge in [0.05, 0.1) is 27.7 Å². The summed E-state index contributed by atoms with van der Waals surface area (Å²) < 4.78 is 30.0. The van der Waals surface area contributed by atoms with E-state index in [1.807, 2.05) is 6.92 Å². The number of sulfonamides is 1. The predicted molar refractivity (Wildman–Crippen MR) is 124 cm³/mol. The van der Waals surface area contributed by atoms with E-state index in [4.69, 9.17) is 11.6 Å². The minimum atomic E-state index is -3.84.